The summed E-state index contributed by atoms with van der Waals surface area (Å²) < 4.78 is 35.4. The molecule has 0 bridgehead atoms. The summed E-state index contributed by atoms with van der Waals surface area (Å²) >= 11 is 0. The Kier molecular flexibility index (Phi) is 6.45. The maximum absolute atomic E-state index is 11.9. The number of hydrogen-bond donors (Lipinski definition) is 0. The van der Waals surface area contributed by atoms with Crippen molar-refractivity contribution in [3.05, 3.63) is 53.1 Å². The van der Waals surface area contributed by atoms with Gasteiger partial charge in [0.05, 0.1) is 12.0 Å². The number of sulfone groups is 1. The summed E-state index contributed by atoms with van der Waals surface area (Å²) in [5.74, 6) is 1.52. The first-order valence-corrected chi connectivity index (χ1v) is 12.6. The van der Waals surface area contributed by atoms with Crippen LogP contribution < -0.4 is 9.47 Å². The van der Waals surface area contributed by atoms with Crippen LogP contribution in [0.25, 0.3) is 0 Å². The van der Waals surface area contributed by atoms with E-state index in [4.69, 9.17) is 9.47 Å². The summed E-state index contributed by atoms with van der Waals surface area (Å²) in [5.41, 5.74) is 3.21. The van der Waals surface area contributed by atoms with Gasteiger partial charge in [0.25, 0.3) is 0 Å². The number of benzene rings is 2. The lowest BCUT2D eigenvalue weighted by atomic mass is 9.93. The van der Waals surface area contributed by atoms with Crippen molar-refractivity contribution in [1.82, 2.24) is 4.90 Å². The quantitative estimate of drug-likeness (QED) is 0.600. The van der Waals surface area contributed by atoms with Gasteiger partial charge in [-0.25, -0.2) is 8.42 Å². The van der Waals surface area contributed by atoms with Gasteiger partial charge in [-0.05, 0) is 88.4 Å². The zero-order valence-electron chi connectivity index (χ0n) is 19.8. The lowest BCUT2D eigenvalue weighted by Gasteiger charge is -2.35. The highest BCUT2D eigenvalue weighted by Gasteiger charge is 2.32. The number of methoxy groups -OCH3 is 1. The molecule has 1 aliphatic heterocycles. The van der Waals surface area contributed by atoms with Gasteiger partial charge in [0.1, 0.15) is 5.60 Å². The molecule has 1 heterocycles. The predicted molar refractivity (Wildman–Crippen MR) is 125 cm³/mol. The number of hydrogen-bond acceptors (Lipinski definition) is 5. The first-order valence-electron chi connectivity index (χ1n) is 10.7. The number of ether oxygens (including phenoxy) is 2. The van der Waals surface area contributed by atoms with Gasteiger partial charge in [-0.15, -0.1) is 0 Å². The van der Waals surface area contributed by atoms with E-state index in [1.807, 2.05) is 39.0 Å². The molecule has 5 nitrogen and oxygen atoms in total. The van der Waals surface area contributed by atoms with E-state index < -0.39 is 9.84 Å². The Morgan fingerprint density at radius 3 is 2.23 bits per heavy atom. The highest BCUT2D eigenvalue weighted by molar-refractivity contribution is 7.90. The molecule has 0 N–H and O–H groups in total. The van der Waals surface area contributed by atoms with Gasteiger partial charge < -0.3 is 9.47 Å². The molecule has 6 heteroatoms. The van der Waals surface area contributed by atoms with Gasteiger partial charge in [0.2, 0.25) is 0 Å². The molecule has 1 aliphatic rings. The molecule has 0 atom stereocenters. The van der Waals surface area contributed by atoms with Crippen LogP contribution in [0.3, 0.4) is 0 Å². The maximum Gasteiger partial charge on any atom is 0.175 e. The SMILES string of the molecule is COc1ccc(CCC(C)(C)N2Cc3ccc(S(C)(=O)=O)cc3C2)cc1OC(C)(C)C. The van der Waals surface area contributed by atoms with Gasteiger partial charge in [-0.1, -0.05) is 12.1 Å². The standard InChI is InChI=1S/C25H35NO4S/c1-24(2,3)30-23-14-18(8-11-22(23)29-6)12-13-25(4,5)26-16-19-9-10-21(31(7,27)28)15-20(19)17-26/h8-11,14-15H,12-13,16-17H2,1-7H3. The molecule has 0 fully saturated rings. The van der Waals surface area contributed by atoms with Crippen LogP contribution in [0.15, 0.2) is 41.3 Å². The Balaban J connectivity index is 1.71. The van der Waals surface area contributed by atoms with Crippen molar-refractivity contribution in [2.24, 2.45) is 0 Å². The van der Waals surface area contributed by atoms with E-state index in [2.05, 4.69) is 30.9 Å². The van der Waals surface area contributed by atoms with Crippen molar-refractivity contribution in [3.8, 4) is 11.5 Å². The van der Waals surface area contributed by atoms with E-state index in [1.54, 1.807) is 13.2 Å². The lowest BCUT2D eigenvalue weighted by molar-refractivity contribution is 0.109. The van der Waals surface area contributed by atoms with Crippen LogP contribution in [0.1, 0.15) is 57.7 Å². The lowest BCUT2D eigenvalue weighted by Crippen LogP contribution is -2.40. The van der Waals surface area contributed by atoms with Crippen LogP contribution in [0.5, 0.6) is 11.5 Å². The summed E-state index contributed by atoms with van der Waals surface area (Å²) in [6.45, 7) is 12.2. The molecule has 2 aromatic rings. The van der Waals surface area contributed by atoms with Gasteiger partial charge >= 0.3 is 0 Å². The number of aryl methyl sites for hydroxylation is 1. The van der Waals surface area contributed by atoms with Crippen LogP contribution in [0.4, 0.5) is 0 Å². The van der Waals surface area contributed by atoms with E-state index in [1.165, 1.54) is 17.4 Å². The summed E-state index contributed by atoms with van der Waals surface area (Å²) in [4.78, 5) is 2.83. The molecule has 2 aromatic carbocycles. The van der Waals surface area contributed by atoms with E-state index in [0.29, 0.717) is 4.90 Å². The van der Waals surface area contributed by atoms with Crippen molar-refractivity contribution in [1.29, 1.82) is 0 Å². The van der Waals surface area contributed by atoms with Gasteiger partial charge in [0.15, 0.2) is 21.3 Å². The first-order chi connectivity index (χ1) is 14.3. The van der Waals surface area contributed by atoms with Crippen molar-refractivity contribution in [2.75, 3.05) is 13.4 Å². The molecular formula is C25H35NO4S. The molecule has 0 aromatic heterocycles. The Labute approximate surface area is 187 Å². The maximum atomic E-state index is 11.9. The van der Waals surface area contributed by atoms with Crippen molar-refractivity contribution < 1.29 is 17.9 Å². The average Bonchev–Trinajstić information content (AvgIpc) is 3.09. The van der Waals surface area contributed by atoms with E-state index in [9.17, 15) is 8.42 Å². The molecule has 0 unspecified atom stereocenters. The molecule has 0 radical (unpaired) electrons. The van der Waals surface area contributed by atoms with Crippen LogP contribution in [-0.2, 0) is 29.3 Å². The Morgan fingerprint density at radius 1 is 0.935 bits per heavy atom. The van der Waals surface area contributed by atoms with Crippen molar-refractivity contribution >= 4 is 9.84 Å². The second kappa shape index (κ2) is 8.47. The van der Waals surface area contributed by atoms with Gasteiger partial charge in [0, 0.05) is 24.9 Å². The monoisotopic (exact) mass is 445 g/mol. The van der Waals surface area contributed by atoms with Crippen molar-refractivity contribution in [2.45, 2.75) is 76.6 Å². The zero-order chi connectivity index (χ0) is 23.0. The Hall–Kier alpha value is -2.05. The van der Waals surface area contributed by atoms with Crippen LogP contribution in [0, 0.1) is 0 Å². The molecule has 0 amide bonds. The van der Waals surface area contributed by atoms with E-state index in [-0.39, 0.29) is 11.1 Å². The predicted octanol–water partition coefficient (Wildman–Crippen LogP) is 5.00. The van der Waals surface area contributed by atoms with Gasteiger partial charge in [-0.2, -0.15) is 0 Å². The molecule has 0 saturated heterocycles. The molecular weight excluding hydrogens is 410 g/mol. The molecule has 31 heavy (non-hydrogen) atoms. The summed E-state index contributed by atoms with van der Waals surface area (Å²) in [7, 11) is -1.53. The largest absolute Gasteiger partial charge is 0.493 e. The summed E-state index contributed by atoms with van der Waals surface area (Å²) in [5, 5.41) is 0. The normalized spacial score (nSPS) is 15.1. The second-order valence-corrected chi connectivity index (χ2v) is 12.1. The third-order valence-electron chi connectivity index (χ3n) is 5.85. The molecule has 0 saturated carbocycles. The first kappa shape index (κ1) is 23.6. The number of fused-ring (bicyclic) bond motifs is 1. The molecule has 170 valence electrons. The molecule has 0 aliphatic carbocycles. The Bertz CT molecular complexity index is 1050. The summed E-state index contributed by atoms with van der Waals surface area (Å²) in [6, 6.07) is 11.7. The number of rotatable bonds is 7. The fraction of sp³-hybridized carbons (Fsp3) is 0.520. The van der Waals surface area contributed by atoms with Crippen LogP contribution in [0.2, 0.25) is 0 Å². The van der Waals surface area contributed by atoms with E-state index in [0.717, 1.165) is 43.0 Å². The average molecular weight is 446 g/mol. The third kappa shape index (κ3) is 5.80. The number of nitrogens with zero attached hydrogens (tertiary/aromatic N) is 1. The zero-order valence-corrected chi connectivity index (χ0v) is 20.6. The third-order valence-corrected chi connectivity index (χ3v) is 6.96. The minimum atomic E-state index is -3.19. The topological polar surface area (TPSA) is 55.8 Å². The fourth-order valence-corrected chi connectivity index (χ4v) is 4.60. The van der Waals surface area contributed by atoms with Crippen LogP contribution in [-0.4, -0.2) is 37.8 Å². The smallest absolute Gasteiger partial charge is 0.175 e. The molecule has 3 rings (SSSR count). The highest BCUT2D eigenvalue weighted by atomic mass is 32.2. The minimum Gasteiger partial charge on any atom is -0.493 e. The summed E-state index contributed by atoms with van der Waals surface area (Å²) in [6.07, 6.45) is 3.15. The van der Waals surface area contributed by atoms with Crippen LogP contribution >= 0.6 is 0 Å². The molecule has 0 spiro atoms. The van der Waals surface area contributed by atoms with Gasteiger partial charge in [-0.3, -0.25) is 4.90 Å². The fourth-order valence-electron chi connectivity index (χ4n) is 3.92. The van der Waals surface area contributed by atoms with E-state index >= 15 is 0 Å². The second-order valence-electron chi connectivity index (χ2n) is 10.1. The van der Waals surface area contributed by atoms with Crippen molar-refractivity contribution in [3.63, 3.8) is 0 Å². The highest BCUT2D eigenvalue weighted by Crippen LogP contribution is 2.35. The minimum absolute atomic E-state index is 0.0325. The Morgan fingerprint density at radius 2 is 1.61 bits per heavy atom.